The van der Waals surface area contributed by atoms with Crippen molar-refractivity contribution in [2.45, 2.75) is 31.7 Å². The Labute approximate surface area is 139 Å². The van der Waals surface area contributed by atoms with Crippen molar-refractivity contribution in [2.24, 2.45) is 0 Å². The Morgan fingerprint density at radius 1 is 1.23 bits per heavy atom. The molecular formula is C16H18ClNO3S. The Morgan fingerprint density at radius 2 is 1.95 bits per heavy atom. The number of benzene rings is 1. The van der Waals surface area contributed by atoms with E-state index in [0.29, 0.717) is 29.5 Å². The van der Waals surface area contributed by atoms with Crippen LogP contribution in [0, 0.1) is 0 Å². The summed E-state index contributed by atoms with van der Waals surface area (Å²) in [6.07, 6.45) is 2.30. The van der Waals surface area contributed by atoms with E-state index in [2.05, 4.69) is 0 Å². The van der Waals surface area contributed by atoms with Crippen molar-refractivity contribution >= 4 is 41.3 Å². The summed E-state index contributed by atoms with van der Waals surface area (Å²) in [5, 5.41) is 0.675. The summed E-state index contributed by atoms with van der Waals surface area (Å²) in [6.45, 7) is 0. The Kier molecular flexibility index (Phi) is 6.46. The third-order valence-electron chi connectivity index (χ3n) is 3.62. The second-order valence-corrected chi connectivity index (χ2v) is 6.67. The van der Waals surface area contributed by atoms with Crippen molar-refractivity contribution in [2.75, 3.05) is 11.6 Å². The SMILES string of the molecule is O=C[C@@H]1CSCN1C(=O)CCC(=O)CCc1ccc(Cl)cc1. The molecule has 1 fully saturated rings. The van der Waals surface area contributed by atoms with Crippen molar-refractivity contribution in [1.82, 2.24) is 4.90 Å². The first-order valence-electron chi connectivity index (χ1n) is 7.19. The number of Topliss-reactive ketones (excluding diaryl/α,β-unsaturated/α-hetero) is 1. The number of nitrogens with zero attached hydrogens (tertiary/aromatic N) is 1. The van der Waals surface area contributed by atoms with Crippen molar-refractivity contribution in [1.29, 1.82) is 0 Å². The number of hydrogen-bond acceptors (Lipinski definition) is 4. The minimum Gasteiger partial charge on any atom is -0.323 e. The topological polar surface area (TPSA) is 54.5 Å². The lowest BCUT2D eigenvalue weighted by molar-refractivity contribution is -0.135. The van der Waals surface area contributed by atoms with E-state index in [1.807, 2.05) is 12.1 Å². The highest BCUT2D eigenvalue weighted by Gasteiger charge is 2.28. The van der Waals surface area contributed by atoms with Crippen LogP contribution in [0.25, 0.3) is 0 Å². The molecule has 1 aliphatic heterocycles. The molecule has 118 valence electrons. The van der Waals surface area contributed by atoms with Gasteiger partial charge >= 0.3 is 0 Å². The molecule has 4 nitrogen and oxygen atoms in total. The van der Waals surface area contributed by atoms with Gasteiger partial charge in [0.15, 0.2) is 0 Å². The Bertz CT molecular complexity index is 547. The number of thioether (sulfide) groups is 1. The predicted molar refractivity (Wildman–Crippen MR) is 88.0 cm³/mol. The molecule has 1 aromatic carbocycles. The summed E-state index contributed by atoms with van der Waals surface area (Å²) < 4.78 is 0. The van der Waals surface area contributed by atoms with Gasteiger partial charge in [-0.2, -0.15) is 0 Å². The summed E-state index contributed by atoms with van der Waals surface area (Å²) in [5.41, 5.74) is 1.06. The van der Waals surface area contributed by atoms with E-state index in [0.717, 1.165) is 11.8 Å². The van der Waals surface area contributed by atoms with Crippen LogP contribution >= 0.6 is 23.4 Å². The molecule has 0 unspecified atom stereocenters. The summed E-state index contributed by atoms with van der Waals surface area (Å²) >= 11 is 7.37. The van der Waals surface area contributed by atoms with Crippen LogP contribution in [0.5, 0.6) is 0 Å². The fourth-order valence-electron chi connectivity index (χ4n) is 2.28. The first kappa shape index (κ1) is 17.0. The van der Waals surface area contributed by atoms with Gasteiger partial charge in [-0.25, -0.2) is 0 Å². The number of halogens is 1. The van der Waals surface area contributed by atoms with Crippen molar-refractivity contribution in [3.05, 3.63) is 34.9 Å². The summed E-state index contributed by atoms with van der Waals surface area (Å²) in [6, 6.07) is 7.07. The molecule has 0 N–H and O–H groups in total. The number of hydrogen-bond donors (Lipinski definition) is 0. The third kappa shape index (κ3) is 4.85. The van der Waals surface area contributed by atoms with Gasteiger partial charge in [-0.15, -0.1) is 11.8 Å². The Hall–Kier alpha value is -1.33. The number of rotatable bonds is 7. The largest absolute Gasteiger partial charge is 0.323 e. The maximum atomic E-state index is 12.0. The number of carbonyl (C=O) groups excluding carboxylic acids is 3. The van der Waals surface area contributed by atoms with Crippen LogP contribution in [0.3, 0.4) is 0 Å². The van der Waals surface area contributed by atoms with Gasteiger partial charge in [-0.3, -0.25) is 9.59 Å². The highest BCUT2D eigenvalue weighted by Crippen LogP contribution is 2.20. The normalized spacial score (nSPS) is 17.5. The molecule has 1 heterocycles. The molecule has 0 bridgehead atoms. The first-order chi connectivity index (χ1) is 10.6. The van der Waals surface area contributed by atoms with E-state index in [1.54, 1.807) is 28.8 Å². The molecule has 0 saturated carbocycles. The first-order valence-corrected chi connectivity index (χ1v) is 8.72. The Morgan fingerprint density at radius 3 is 2.64 bits per heavy atom. The Balaban J connectivity index is 1.72. The smallest absolute Gasteiger partial charge is 0.224 e. The molecule has 1 atom stereocenters. The third-order valence-corrected chi connectivity index (χ3v) is 4.91. The van der Waals surface area contributed by atoms with Crippen molar-refractivity contribution in [3.63, 3.8) is 0 Å². The quantitative estimate of drug-likeness (QED) is 0.717. The molecule has 6 heteroatoms. The predicted octanol–water partition coefficient (Wildman–Crippen LogP) is 2.72. The fourth-order valence-corrected chi connectivity index (χ4v) is 3.54. The highest BCUT2D eigenvalue weighted by molar-refractivity contribution is 7.99. The van der Waals surface area contributed by atoms with Gasteiger partial charge in [-0.05, 0) is 24.1 Å². The highest BCUT2D eigenvalue weighted by atomic mass is 35.5. The van der Waals surface area contributed by atoms with Crippen molar-refractivity contribution < 1.29 is 14.4 Å². The zero-order chi connectivity index (χ0) is 15.9. The molecule has 0 radical (unpaired) electrons. The number of aldehydes is 1. The van der Waals surface area contributed by atoms with E-state index in [9.17, 15) is 14.4 Å². The maximum Gasteiger partial charge on any atom is 0.224 e. The summed E-state index contributed by atoms with van der Waals surface area (Å²) in [7, 11) is 0. The van der Waals surface area contributed by atoms with E-state index >= 15 is 0 Å². The van der Waals surface area contributed by atoms with Crippen LogP contribution in [-0.2, 0) is 20.8 Å². The minimum atomic E-state index is -0.332. The van der Waals surface area contributed by atoms with Gasteiger partial charge in [-0.1, -0.05) is 23.7 Å². The van der Waals surface area contributed by atoms with Gasteiger partial charge in [0.1, 0.15) is 12.1 Å². The molecule has 0 spiro atoms. The van der Waals surface area contributed by atoms with E-state index in [1.165, 1.54) is 0 Å². The molecule has 1 saturated heterocycles. The minimum absolute atomic E-state index is 0.0674. The van der Waals surface area contributed by atoms with Gasteiger partial charge in [0.05, 0.1) is 11.9 Å². The standard InChI is InChI=1S/C16H18ClNO3S/c17-13-4-1-12(2-5-13)3-6-15(20)7-8-16(21)18-11-22-10-14(18)9-19/h1-2,4-5,9,14H,3,6-8,10-11H2/t14-/m1/s1. The lowest BCUT2D eigenvalue weighted by Crippen LogP contribution is -2.37. The average molecular weight is 340 g/mol. The second-order valence-electron chi connectivity index (χ2n) is 5.23. The van der Waals surface area contributed by atoms with Gasteiger partial charge in [0, 0.05) is 30.0 Å². The van der Waals surface area contributed by atoms with E-state index in [-0.39, 0.29) is 30.6 Å². The second kappa shape index (κ2) is 8.34. The molecule has 2 rings (SSSR count). The number of carbonyl (C=O) groups is 3. The molecule has 0 aromatic heterocycles. The monoisotopic (exact) mass is 339 g/mol. The molecule has 0 aliphatic carbocycles. The van der Waals surface area contributed by atoms with Gasteiger partial charge in [0.25, 0.3) is 0 Å². The van der Waals surface area contributed by atoms with Crippen molar-refractivity contribution in [3.8, 4) is 0 Å². The number of ketones is 1. The van der Waals surface area contributed by atoms with Gasteiger partial charge < -0.3 is 9.69 Å². The number of aryl methyl sites for hydroxylation is 1. The van der Waals surface area contributed by atoms with Crippen LogP contribution in [-0.4, -0.2) is 40.5 Å². The molecule has 1 aliphatic rings. The van der Waals surface area contributed by atoms with Crippen LogP contribution in [0.1, 0.15) is 24.8 Å². The fraction of sp³-hybridized carbons (Fsp3) is 0.438. The zero-order valence-corrected chi connectivity index (χ0v) is 13.7. The molecule has 1 amide bonds. The van der Waals surface area contributed by atoms with Crippen LogP contribution < -0.4 is 0 Å². The van der Waals surface area contributed by atoms with Crippen LogP contribution in [0.2, 0.25) is 5.02 Å². The summed E-state index contributed by atoms with van der Waals surface area (Å²) in [5.74, 6) is 1.15. The lowest BCUT2D eigenvalue weighted by Gasteiger charge is -2.19. The molecule has 1 aromatic rings. The van der Waals surface area contributed by atoms with Crippen LogP contribution in [0.15, 0.2) is 24.3 Å². The lowest BCUT2D eigenvalue weighted by atomic mass is 10.0. The van der Waals surface area contributed by atoms with Gasteiger partial charge in [0.2, 0.25) is 5.91 Å². The molecule has 22 heavy (non-hydrogen) atoms. The zero-order valence-electron chi connectivity index (χ0n) is 12.2. The molecular weight excluding hydrogens is 322 g/mol. The van der Waals surface area contributed by atoms with E-state index < -0.39 is 0 Å². The number of amides is 1. The summed E-state index contributed by atoms with van der Waals surface area (Å²) in [4.78, 5) is 36.3. The maximum absolute atomic E-state index is 12.0. The average Bonchev–Trinajstić information content (AvgIpc) is 3.00. The van der Waals surface area contributed by atoms with E-state index in [4.69, 9.17) is 11.6 Å². The van der Waals surface area contributed by atoms with Crippen LogP contribution in [0.4, 0.5) is 0 Å².